The first-order valence-corrected chi connectivity index (χ1v) is 5.42. The zero-order chi connectivity index (χ0) is 12.1. The molecule has 1 aromatic carbocycles. The van der Waals surface area contributed by atoms with Crippen molar-refractivity contribution >= 4 is 5.69 Å². The number of hydrogen-bond donors (Lipinski definition) is 1. The summed E-state index contributed by atoms with van der Waals surface area (Å²) in [5.41, 5.74) is 0.825. The fourth-order valence-corrected chi connectivity index (χ4v) is 1.54. The first-order valence-electron chi connectivity index (χ1n) is 5.42. The molecule has 4 nitrogen and oxygen atoms in total. The molecule has 0 heterocycles. The van der Waals surface area contributed by atoms with Crippen molar-refractivity contribution < 1.29 is 10.0 Å². The molecule has 1 aromatic rings. The van der Waals surface area contributed by atoms with E-state index in [0.717, 1.165) is 0 Å². The van der Waals surface area contributed by atoms with Crippen LogP contribution in [0.25, 0.3) is 0 Å². The second-order valence-electron chi connectivity index (χ2n) is 4.24. The summed E-state index contributed by atoms with van der Waals surface area (Å²) in [6, 6.07) is 6.67. The molecule has 0 saturated heterocycles. The first-order chi connectivity index (χ1) is 7.52. The Morgan fingerprint density at radius 3 is 2.56 bits per heavy atom. The van der Waals surface area contributed by atoms with E-state index in [1.165, 1.54) is 6.07 Å². The van der Waals surface area contributed by atoms with Gasteiger partial charge in [0.1, 0.15) is 0 Å². The van der Waals surface area contributed by atoms with E-state index in [9.17, 15) is 15.2 Å². The number of nitro groups is 1. The van der Waals surface area contributed by atoms with E-state index in [4.69, 9.17) is 0 Å². The van der Waals surface area contributed by atoms with Gasteiger partial charge in [-0.1, -0.05) is 32.0 Å². The summed E-state index contributed by atoms with van der Waals surface area (Å²) in [5.74, 6) is 0.183. The third-order valence-electron chi connectivity index (χ3n) is 2.67. The highest BCUT2D eigenvalue weighted by atomic mass is 16.6. The maximum atomic E-state index is 10.7. The zero-order valence-corrected chi connectivity index (χ0v) is 9.59. The maximum absolute atomic E-state index is 10.7. The molecule has 1 N–H and O–H groups in total. The quantitative estimate of drug-likeness (QED) is 0.616. The number of rotatable bonds is 5. The highest BCUT2D eigenvalue weighted by molar-refractivity contribution is 5.39. The van der Waals surface area contributed by atoms with Crippen LogP contribution in [0.4, 0.5) is 5.69 Å². The lowest BCUT2D eigenvalue weighted by atomic mass is 9.99. The molecule has 1 atom stereocenters. The Balaban J connectivity index is 2.70. The Morgan fingerprint density at radius 1 is 1.38 bits per heavy atom. The maximum Gasteiger partial charge on any atom is 0.272 e. The molecule has 0 bridgehead atoms. The molecule has 0 spiro atoms. The Bertz CT molecular complexity index is 363. The fourth-order valence-electron chi connectivity index (χ4n) is 1.54. The van der Waals surface area contributed by atoms with Crippen molar-refractivity contribution in [3.8, 4) is 0 Å². The van der Waals surface area contributed by atoms with Crippen molar-refractivity contribution in [2.45, 2.75) is 32.8 Å². The zero-order valence-electron chi connectivity index (χ0n) is 9.59. The highest BCUT2D eigenvalue weighted by Crippen LogP contribution is 2.20. The number of aryl methyl sites for hydroxylation is 1. The predicted octanol–water partition coefficient (Wildman–Crippen LogP) is 2.54. The Morgan fingerprint density at radius 2 is 2.00 bits per heavy atom. The van der Waals surface area contributed by atoms with Crippen LogP contribution in [0.3, 0.4) is 0 Å². The number of aliphatic hydroxyl groups excluding tert-OH is 1. The van der Waals surface area contributed by atoms with Gasteiger partial charge < -0.3 is 5.11 Å². The third kappa shape index (κ3) is 3.31. The molecule has 1 unspecified atom stereocenters. The van der Waals surface area contributed by atoms with Crippen molar-refractivity contribution in [2.24, 2.45) is 5.92 Å². The van der Waals surface area contributed by atoms with Crippen LogP contribution in [0.1, 0.15) is 25.8 Å². The molecular weight excluding hydrogens is 206 g/mol. The molecule has 0 radical (unpaired) electrons. The number of nitrogens with zero attached hydrogens (tertiary/aromatic N) is 1. The van der Waals surface area contributed by atoms with Crippen LogP contribution in [0.15, 0.2) is 24.3 Å². The van der Waals surface area contributed by atoms with Crippen LogP contribution in [0, 0.1) is 16.0 Å². The minimum atomic E-state index is -0.403. The first kappa shape index (κ1) is 12.6. The lowest BCUT2D eigenvalue weighted by Crippen LogP contribution is -2.15. The molecule has 0 aliphatic heterocycles. The van der Waals surface area contributed by atoms with Gasteiger partial charge in [-0.25, -0.2) is 0 Å². The number of para-hydroxylation sites is 1. The Kier molecular flexibility index (Phi) is 4.43. The molecule has 0 saturated carbocycles. The molecule has 4 heteroatoms. The summed E-state index contributed by atoms with van der Waals surface area (Å²) in [7, 11) is 0. The fraction of sp³-hybridized carbons (Fsp3) is 0.500. The van der Waals surface area contributed by atoms with Crippen LogP contribution < -0.4 is 0 Å². The van der Waals surface area contributed by atoms with Gasteiger partial charge in [0.25, 0.3) is 5.69 Å². The van der Waals surface area contributed by atoms with E-state index in [0.29, 0.717) is 18.4 Å². The van der Waals surface area contributed by atoms with Crippen LogP contribution in [-0.4, -0.2) is 16.1 Å². The van der Waals surface area contributed by atoms with Crippen LogP contribution in [-0.2, 0) is 6.42 Å². The smallest absolute Gasteiger partial charge is 0.272 e. The second kappa shape index (κ2) is 5.61. The summed E-state index contributed by atoms with van der Waals surface area (Å²) in [6.45, 7) is 3.87. The second-order valence-corrected chi connectivity index (χ2v) is 4.24. The minimum absolute atomic E-state index is 0.137. The van der Waals surface area contributed by atoms with E-state index >= 15 is 0 Å². The van der Waals surface area contributed by atoms with Gasteiger partial charge in [0.05, 0.1) is 11.0 Å². The number of benzene rings is 1. The monoisotopic (exact) mass is 223 g/mol. The summed E-state index contributed by atoms with van der Waals surface area (Å²) in [6.07, 6.45) is 0.693. The van der Waals surface area contributed by atoms with Gasteiger partial charge in [0.2, 0.25) is 0 Å². The summed E-state index contributed by atoms with van der Waals surface area (Å²) >= 11 is 0. The van der Waals surface area contributed by atoms with Gasteiger partial charge in [-0.15, -0.1) is 0 Å². The van der Waals surface area contributed by atoms with Crippen molar-refractivity contribution in [3.63, 3.8) is 0 Å². The Labute approximate surface area is 95.1 Å². The van der Waals surface area contributed by atoms with E-state index < -0.39 is 6.10 Å². The van der Waals surface area contributed by atoms with Crippen molar-refractivity contribution in [2.75, 3.05) is 0 Å². The average Bonchev–Trinajstić information content (AvgIpc) is 2.25. The van der Waals surface area contributed by atoms with Crippen LogP contribution >= 0.6 is 0 Å². The predicted molar refractivity (Wildman–Crippen MR) is 62.3 cm³/mol. The van der Waals surface area contributed by atoms with Gasteiger partial charge in [-0.3, -0.25) is 10.1 Å². The molecule has 0 amide bonds. The van der Waals surface area contributed by atoms with Crippen molar-refractivity contribution in [1.82, 2.24) is 0 Å². The third-order valence-corrected chi connectivity index (χ3v) is 2.67. The molecule has 0 aliphatic carbocycles. The van der Waals surface area contributed by atoms with E-state index in [-0.39, 0.29) is 16.5 Å². The van der Waals surface area contributed by atoms with Gasteiger partial charge in [0, 0.05) is 11.6 Å². The standard InChI is InChI=1S/C12H17NO3/c1-9(2)12(14)8-7-10-5-3-4-6-11(10)13(15)16/h3-6,9,12,14H,7-8H2,1-2H3. The largest absolute Gasteiger partial charge is 0.393 e. The SMILES string of the molecule is CC(C)C(O)CCc1ccccc1[N+](=O)[O-]. The molecule has 0 fully saturated rings. The van der Waals surface area contributed by atoms with Crippen molar-refractivity contribution in [1.29, 1.82) is 0 Å². The Hall–Kier alpha value is -1.42. The highest BCUT2D eigenvalue weighted by Gasteiger charge is 2.15. The summed E-state index contributed by atoms with van der Waals surface area (Å²) in [5, 5.41) is 20.4. The molecule has 0 aliphatic rings. The van der Waals surface area contributed by atoms with Crippen LogP contribution in [0.5, 0.6) is 0 Å². The van der Waals surface area contributed by atoms with Crippen molar-refractivity contribution in [3.05, 3.63) is 39.9 Å². The molecule has 0 aromatic heterocycles. The van der Waals surface area contributed by atoms with Gasteiger partial charge in [-0.05, 0) is 18.8 Å². The topological polar surface area (TPSA) is 63.4 Å². The molecular formula is C12H17NO3. The molecule has 1 rings (SSSR count). The number of nitro benzene ring substituents is 1. The number of aliphatic hydroxyl groups is 1. The average molecular weight is 223 g/mol. The van der Waals surface area contributed by atoms with Crippen LogP contribution in [0.2, 0.25) is 0 Å². The minimum Gasteiger partial charge on any atom is -0.393 e. The summed E-state index contributed by atoms with van der Waals surface area (Å²) in [4.78, 5) is 10.4. The van der Waals surface area contributed by atoms with Gasteiger partial charge >= 0.3 is 0 Å². The molecule has 88 valence electrons. The van der Waals surface area contributed by atoms with E-state index in [1.807, 2.05) is 13.8 Å². The van der Waals surface area contributed by atoms with E-state index in [1.54, 1.807) is 18.2 Å². The normalized spacial score (nSPS) is 12.8. The van der Waals surface area contributed by atoms with Gasteiger partial charge in [-0.2, -0.15) is 0 Å². The lowest BCUT2D eigenvalue weighted by Gasteiger charge is -2.13. The van der Waals surface area contributed by atoms with Gasteiger partial charge in [0.15, 0.2) is 0 Å². The van der Waals surface area contributed by atoms with E-state index in [2.05, 4.69) is 0 Å². The summed E-state index contributed by atoms with van der Waals surface area (Å²) < 4.78 is 0. The molecule has 16 heavy (non-hydrogen) atoms. The number of hydrogen-bond acceptors (Lipinski definition) is 3. The lowest BCUT2D eigenvalue weighted by molar-refractivity contribution is -0.385.